The third-order valence-electron chi connectivity index (χ3n) is 3.53. The van der Waals surface area contributed by atoms with Gasteiger partial charge < -0.3 is 4.74 Å². The van der Waals surface area contributed by atoms with Crippen molar-refractivity contribution in [3.8, 4) is 0 Å². The normalized spacial score (nSPS) is 30.4. The number of fused-ring (bicyclic) bond motifs is 1. The van der Waals surface area contributed by atoms with Crippen LogP contribution in [0, 0.1) is 0 Å². The third kappa shape index (κ3) is 1.82. The average Bonchev–Trinajstić information content (AvgIpc) is 2.25. The van der Waals surface area contributed by atoms with Crippen molar-refractivity contribution >= 4 is 14.0 Å². The summed E-state index contributed by atoms with van der Waals surface area (Å²) in [4.78, 5) is 11.8. The van der Waals surface area contributed by atoms with E-state index in [-0.39, 0.29) is 5.54 Å². The Balaban J connectivity index is 2.42. The zero-order valence-corrected chi connectivity index (χ0v) is 11.7. The van der Waals surface area contributed by atoms with Crippen molar-refractivity contribution in [1.82, 2.24) is 0 Å². The molecule has 0 spiro atoms. The summed E-state index contributed by atoms with van der Waals surface area (Å²) in [5.41, 5.74) is 1.43. The second-order valence-electron chi connectivity index (χ2n) is 5.88. The molecule has 92 valence electrons. The molecule has 1 aromatic carbocycles. The lowest BCUT2D eigenvalue weighted by Gasteiger charge is -2.52. The van der Waals surface area contributed by atoms with Crippen molar-refractivity contribution in [3.05, 3.63) is 35.4 Å². The molecule has 0 N–H and O–H groups in total. The van der Waals surface area contributed by atoms with Crippen LogP contribution >= 0.6 is 0 Å². The molecule has 1 aliphatic rings. The fourth-order valence-corrected chi connectivity index (χ4v) is 6.23. The first-order valence-corrected chi connectivity index (χ1v) is 9.38. The van der Waals surface area contributed by atoms with E-state index in [0.717, 1.165) is 5.56 Å². The van der Waals surface area contributed by atoms with Gasteiger partial charge in [0.25, 0.3) is 0 Å². The highest BCUT2D eigenvalue weighted by molar-refractivity contribution is 6.78. The lowest BCUT2D eigenvalue weighted by atomic mass is 9.73. The van der Waals surface area contributed by atoms with Crippen LogP contribution in [0.1, 0.15) is 34.6 Å². The maximum atomic E-state index is 11.8. The van der Waals surface area contributed by atoms with Gasteiger partial charge in [-0.3, -0.25) is 4.79 Å². The minimum Gasteiger partial charge on any atom is -0.454 e. The molecule has 0 aromatic heterocycles. The molecule has 0 fully saturated rings. The van der Waals surface area contributed by atoms with Crippen molar-refractivity contribution in [3.63, 3.8) is 0 Å². The van der Waals surface area contributed by atoms with Crippen molar-refractivity contribution in [1.29, 1.82) is 0 Å². The molecule has 2 rings (SSSR count). The zero-order chi connectivity index (χ0) is 15.3. The van der Waals surface area contributed by atoms with E-state index in [4.69, 9.17) is 8.85 Å². The topological polar surface area (TPSA) is 26.3 Å². The molecule has 1 aliphatic carbocycles. The molecule has 0 bridgehead atoms. The SMILES string of the molecule is [2H]C([2H])([2H])C(=O)OC1(C)c2ccccc2C1[Si](C)(C)C. The minimum absolute atomic E-state index is 0.123. The molecule has 0 saturated carbocycles. The predicted octanol–water partition coefficient (Wildman–Crippen LogP) is 3.44. The summed E-state index contributed by atoms with van der Waals surface area (Å²) in [5.74, 6) is -1.11. The van der Waals surface area contributed by atoms with Crippen LogP contribution in [0.5, 0.6) is 0 Å². The fraction of sp³-hybridized carbons (Fsp3) is 0.500. The van der Waals surface area contributed by atoms with Gasteiger partial charge in [-0.1, -0.05) is 43.9 Å². The maximum absolute atomic E-state index is 11.8. The quantitative estimate of drug-likeness (QED) is 0.594. The molecule has 2 unspecified atom stereocenters. The van der Waals surface area contributed by atoms with Crippen molar-refractivity contribution in [2.45, 2.75) is 44.6 Å². The number of esters is 1. The summed E-state index contributed by atoms with van der Waals surface area (Å²) >= 11 is 0. The van der Waals surface area contributed by atoms with E-state index in [1.807, 2.05) is 31.2 Å². The standard InChI is InChI=1S/C14H20O2Si/c1-10(15)16-14(2)12-9-7-6-8-11(12)13(14)17(3,4)5/h6-9,13H,1-5H3/i1D3. The van der Waals surface area contributed by atoms with E-state index in [1.54, 1.807) is 0 Å². The van der Waals surface area contributed by atoms with Gasteiger partial charge in [-0.2, -0.15) is 0 Å². The van der Waals surface area contributed by atoms with Gasteiger partial charge >= 0.3 is 5.97 Å². The zero-order valence-electron chi connectivity index (χ0n) is 13.7. The lowest BCUT2D eigenvalue weighted by Crippen LogP contribution is -2.54. The first kappa shape index (κ1) is 8.92. The number of ether oxygens (including phenoxy) is 1. The summed E-state index contributed by atoms with van der Waals surface area (Å²) in [6.07, 6.45) is 0. The van der Waals surface area contributed by atoms with E-state index < -0.39 is 26.5 Å². The molecule has 2 nitrogen and oxygen atoms in total. The maximum Gasteiger partial charge on any atom is 0.303 e. The van der Waals surface area contributed by atoms with Crippen molar-refractivity contribution in [2.75, 3.05) is 0 Å². The number of benzene rings is 1. The smallest absolute Gasteiger partial charge is 0.303 e. The molecular formula is C14H20O2Si. The first-order valence-electron chi connectivity index (χ1n) is 7.31. The molecule has 1 aromatic rings. The van der Waals surface area contributed by atoms with E-state index >= 15 is 0 Å². The number of carbonyl (C=O) groups excluding carboxylic acids is 1. The van der Waals surface area contributed by atoms with Crippen LogP contribution in [-0.4, -0.2) is 14.0 Å². The van der Waals surface area contributed by atoms with Gasteiger partial charge in [0.05, 0.1) is 8.07 Å². The Morgan fingerprint density at radius 1 is 1.41 bits per heavy atom. The monoisotopic (exact) mass is 251 g/mol. The van der Waals surface area contributed by atoms with Gasteiger partial charge in [-0.05, 0) is 18.1 Å². The number of carbonyl (C=O) groups is 1. The molecule has 17 heavy (non-hydrogen) atoms. The van der Waals surface area contributed by atoms with Gasteiger partial charge in [0.2, 0.25) is 0 Å². The molecule has 2 atom stereocenters. The first-order chi connectivity index (χ1) is 8.98. The van der Waals surface area contributed by atoms with E-state index in [2.05, 4.69) is 19.6 Å². The summed E-state index contributed by atoms with van der Waals surface area (Å²) in [5, 5.41) is 0. The second-order valence-corrected chi connectivity index (χ2v) is 11.2. The van der Waals surface area contributed by atoms with E-state index in [9.17, 15) is 4.79 Å². The van der Waals surface area contributed by atoms with E-state index in [0.29, 0.717) is 0 Å². The summed E-state index contributed by atoms with van der Waals surface area (Å²) in [6, 6.07) is 7.82. The predicted molar refractivity (Wildman–Crippen MR) is 71.6 cm³/mol. The molecule has 0 aliphatic heterocycles. The third-order valence-corrected chi connectivity index (χ3v) is 6.12. The number of rotatable bonds is 2. The number of hydrogen-bond acceptors (Lipinski definition) is 2. The highest BCUT2D eigenvalue weighted by atomic mass is 28.3. The molecule has 0 amide bonds. The Hall–Kier alpha value is -1.09. The molecule has 0 heterocycles. The molecular weight excluding hydrogens is 228 g/mol. The second kappa shape index (κ2) is 3.70. The Labute approximate surface area is 108 Å². The van der Waals surface area contributed by atoms with Gasteiger partial charge in [-0.25, -0.2) is 0 Å². The fourth-order valence-electron chi connectivity index (χ4n) is 3.17. The van der Waals surface area contributed by atoms with Crippen LogP contribution in [0.4, 0.5) is 0 Å². The Morgan fingerprint density at radius 3 is 2.65 bits per heavy atom. The van der Waals surface area contributed by atoms with Gasteiger partial charge in [0.1, 0.15) is 5.60 Å². The lowest BCUT2D eigenvalue weighted by molar-refractivity contribution is -0.160. The van der Waals surface area contributed by atoms with Crippen LogP contribution in [0.3, 0.4) is 0 Å². The van der Waals surface area contributed by atoms with Crippen LogP contribution in [0.25, 0.3) is 0 Å². The summed E-state index contributed by atoms with van der Waals surface area (Å²) in [7, 11) is -1.65. The Kier molecular flexibility index (Phi) is 1.94. The van der Waals surface area contributed by atoms with Crippen LogP contribution < -0.4 is 0 Å². The van der Waals surface area contributed by atoms with E-state index in [1.165, 1.54) is 5.56 Å². The number of hydrogen-bond donors (Lipinski definition) is 0. The summed E-state index contributed by atoms with van der Waals surface area (Å²) < 4.78 is 27.0. The van der Waals surface area contributed by atoms with Gasteiger partial charge in [0.15, 0.2) is 0 Å². The largest absolute Gasteiger partial charge is 0.454 e. The average molecular weight is 251 g/mol. The molecule has 0 radical (unpaired) electrons. The minimum atomic E-state index is -2.71. The molecule has 0 saturated heterocycles. The van der Waals surface area contributed by atoms with Crippen molar-refractivity contribution < 1.29 is 13.6 Å². The van der Waals surface area contributed by atoms with Crippen LogP contribution in [-0.2, 0) is 15.1 Å². The highest BCUT2D eigenvalue weighted by Crippen LogP contribution is 2.56. The van der Waals surface area contributed by atoms with Crippen LogP contribution in [0.2, 0.25) is 19.6 Å². The Morgan fingerprint density at radius 2 is 2.06 bits per heavy atom. The van der Waals surface area contributed by atoms with Crippen LogP contribution in [0.15, 0.2) is 24.3 Å². The summed E-state index contributed by atoms with van der Waals surface area (Å²) in [6.45, 7) is 5.73. The Bertz CT molecular complexity index is 548. The van der Waals surface area contributed by atoms with Gasteiger partial charge in [0, 0.05) is 16.5 Å². The van der Waals surface area contributed by atoms with Crippen molar-refractivity contribution in [2.24, 2.45) is 0 Å². The highest BCUT2D eigenvalue weighted by Gasteiger charge is 2.56. The van der Waals surface area contributed by atoms with Gasteiger partial charge in [-0.15, -0.1) is 0 Å². The molecule has 3 heteroatoms.